The van der Waals surface area contributed by atoms with E-state index in [1.165, 1.54) is 0 Å². The van der Waals surface area contributed by atoms with Crippen molar-refractivity contribution < 1.29 is 22.7 Å². The zero-order chi connectivity index (χ0) is 18.1. The van der Waals surface area contributed by atoms with Crippen LogP contribution in [0, 0.1) is 0 Å². The molecule has 0 aromatic heterocycles. The molecule has 1 aromatic rings. The van der Waals surface area contributed by atoms with Gasteiger partial charge >= 0.3 is 12.2 Å². The number of hydrogen-bond donors (Lipinski definition) is 2. The molecule has 0 bridgehead atoms. The van der Waals surface area contributed by atoms with Crippen LogP contribution in [0.4, 0.5) is 23.7 Å². The standard InChI is InChI=1S/C16H22F3N3O2S/c17-16(18,19)12-25-14-5-2-1-4-13(14)21-15(23)20-6-3-7-22-8-10-24-11-9-22/h1-2,4-5H,3,6-12H2,(H2,20,21,23). The van der Waals surface area contributed by atoms with Crippen LogP contribution >= 0.6 is 11.8 Å². The number of anilines is 1. The Hall–Kier alpha value is -1.45. The lowest BCUT2D eigenvalue weighted by Gasteiger charge is -2.26. The van der Waals surface area contributed by atoms with Gasteiger partial charge in [-0.2, -0.15) is 13.2 Å². The molecule has 2 rings (SSSR count). The van der Waals surface area contributed by atoms with Gasteiger partial charge in [-0.3, -0.25) is 4.90 Å². The van der Waals surface area contributed by atoms with Gasteiger partial charge in [-0.15, -0.1) is 11.8 Å². The van der Waals surface area contributed by atoms with Gasteiger partial charge < -0.3 is 15.4 Å². The molecule has 1 heterocycles. The molecule has 2 amide bonds. The fourth-order valence-electron chi connectivity index (χ4n) is 2.35. The molecule has 0 radical (unpaired) electrons. The third-order valence-corrected chi connectivity index (χ3v) is 4.71. The Balaban J connectivity index is 1.72. The summed E-state index contributed by atoms with van der Waals surface area (Å²) in [5.41, 5.74) is 0.377. The van der Waals surface area contributed by atoms with E-state index in [2.05, 4.69) is 15.5 Å². The number of alkyl halides is 3. The smallest absolute Gasteiger partial charge is 0.379 e. The Labute approximate surface area is 149 Å². The molecule has 140 valence electrons. The molecule has 0 aliphatic carbocycles. The molecule has 2 N–H and O–H groups in total. The summed E-state index contributed by atoms with van der Waals surface area (Å²) >= 11 is 0.657. The number of morpholine rings is 1. The van der Waals surface area contributed by atoms with Crippen LogP contribution in [0.2, 0.25) is 0 Å². The van der Waals surface area contributed by atoms with Gasteiger partial charge in [0.1, 0.15) is 0 Å². The first-order valence-electron chi connectivity index (χ1n) is 8.07. The normalized spacial score (nSPS) is 15.8. The molecular formula is C16H22F3N3O2S. The fourth-order valence-corrected chi connectivity index (χ4v) is 3.12. The highest BCUT2D eigenvalue weighted by atomic mass is 32.2. The first kappa shape index (κ1) is 19.9. The number of nitrogens with one attached hydrogen (secondary N) is 2. The van der Waals surface area contributed by atoms with E-state index in [-0.39, 0.29) is 0 Å². The number of carbonyl (C=O) groups is 1. The van der Waals surface area contributed by atoms with Crippen LogP contribution in [0.25, 0.3) is 0 Å². The summed E-state index contributed by atoms with van der Waals surface area (Å²) in [7, 11) is 0. The number of urea groups is 1. The molecule has 1 fully saturated rings. The number of amides is 2. The SMILES string of the molecule is O=C(NCCCN1CCOCC1)Nc1ccccc1SCC(F)(F)F. The van der Waals surface area contributed by atoms with Gasteiger partial charge in [0.25, 0.3) is 0 Å². The van der Waals surface area contributed by atoms with Crippen molar-refractivity contribution in [3.05, 3.63) is 24.3 Å². The predicted octanol–water partition coefficient (Wildman–Crippen LogP) is 3.18. The van der Waals surface area contributed by atoms with Crippen molar-refractivity contribution in [2.75, 3.05) is 50.5 Å². The van der Waals surface area contributed by atoms with Crippen molar-refractivity contribution in [1.29, 1.82) is 0 Å². The van der Waals surface area contributed by atoms with Crippen molar-refractivity contribution in [3.63, 3.8) is 0 Å². The number of carbonyl (C=O) groups excluding carboxylic acids is 1. The van der Waals surface area contributed by atoms with Crippen LogP contribution < -0.4 is 10.6 Å². The number of benzene rings is 1. The number of ether oxygens (including phenoxy) is 1. The van der Waals surface area contributed by atoms with Crippen LogP contribution in [0.5, 0.6) is 0 Å². The van der Waals surface area contributed by atoms with Crippen molar-refractivity contribution >= 4 is 23.5 Å². The highest BCUT2D eigenvalue weighted by molar-refractivity contribution is 7.99. The average Bonchev–Trinajstić information content (AvgIpc) is 2.58. The zero-order valence-corrected chi connectivity index (χ0v) is 14.6. The van der Waals surface area contributed by atoms with Gasteiger partial charge in [0.15, 0.2) is 0 Å². The van der Waals surface area contributed by atoms with Crippen molar-refractivity contribution in [3.8, 4) is 0 Å². The van der Waals surface area contributed by atoms with Gasteiger partial charge in [-0.05, 0) is 25.1 Å². The second-order valence-corrected chi connectivity index (χ2v) is 6.61. The minimum Gasteiger partial charge on any atom is -0.379 e. The summed E-state index contributed by atoms with van der Waals surface area (Å²) in [6, 6.07) is 6.05. The fraction of sp³-hybridized carbons (Fsp3) is 0.562. The number of nitrogens with zero attached hydrogens (tertiary/aromatic N) is 1. The molecule has 1 aromatic carbocycles. The lowest BCUT2D eigenvalue weighted by atomic mass is 10.3. The first-order valence-corrected chi connectivity index (χ1v) is 9.06. The summed E-state index contributed by atoms with van der Waals surface area (Å²) in [5.74, 6) is -0.993. The van der Waals surface area contributed by atoms with Crippen LogP contribution in [0.3, 0.4) is 0 Å². The van der Waals surface area contributed by atoms with Crippen LogP contribution in [-0.4, -0.2) is 62.3 Å². The first-order chi connectivity index (χ1) is 11.9. The average molecular weight is 377 g/mol. The highest BCUT2D eigenvalue weighted by Gasteiger charge is 2.27. The highest BCUT2D eigenvalue weighted by Crippen LogP contribution is 2.31. The molecule has 0 unspecified atom stereocenters. The summed E-state index contributed by atoms with van der Waals surface area (Å²) < 4.78 is 42.4. The number of para-hydroxylation sites is 1. The second kappa shape index (κ2) is 9.88. The molecule has 1 saturated heterocycles. The number of thioether (sulfide) groups is 1. The van der Waals surface area contributed by atoms with Gasteiger partial charge in [-0.1, -0.05) is 12.1 Å². The topological polar surface area (TPSA) is 53.6 Å². The quantitative estimate of drug-likeness (QED) is 0.566. The molecule has 0 atom stereocenters. The van der Waals surface area contributed by atoms with Gasteiger partial charge in [0.2, 0.25) is 0 Å². The predicted molar refractivity (Wildman–Crippen MR) is 92.1 cm³/mol. The molecule has 5 nitrogen and oxygen atoms in total. The van der Waals surface area contributed by atoms with E-state index < -0.39 is 18.0 Å². The lowest BCUT2D eigenvalue weighted by Crippen LogP contribution is -2.38. The van der Waals surface area contributed by atoms with Gasteiger partial charge in [-0.25, -0.2) is 4.79 Å². The summed E-state index contributed by atoms with van der Waals surface area (Å²) in [6.07, 6.45) is -3.45. The van der Waals surface area contributed by atoms with Gasteiger partial charge in [0.05, 0.1) is 24.7 Å². The molecule has 1 aliphatic rings. The minimum absolute atomic E-state index is 0.377. The molecule has 25 heavy (non-hydrogen) atoms. The van der Waals surface area contributed by atoms with E-state index in [0.29, 0.717) is 28.9 Å². The Morgan fingerprint density at radius 3 is 2.68 bits per heavy atom. The Bertz CT molecular complexity index is 552. The van der Waals surface area contributed by atoms with Crippen molar-refractivity contribution in [1.82, 2.24) is 10.2 Å². The minimum atomic E-state index is -4.25. The van der Waals surface area contributed by atoms with E-state index in [9.17, 15) is 18.0 Å². The van der Waals surface area contributed by atoms with Crippen LogP contribution in [0.1, 0.15) is 6.42 Å². The third-order valence-electron chi connectivity index (χ3n) is 3.57. The second-order valence-electron chi connectivity index (χ2n) is 5.59. The molecular weight excluding hydrogens is 355 g/mol. The Morgan fingerprint density at radius 1 is 1.24 bits per heavy atom. The van der Waals surface area contributed by atoms with E-state index in [1.807, 2.05) is 0 Å². The molecule has 9 heteroatoms. The van der Waals surface area contributed by atoms with Crippen molar-refractivity contribution in [2.45, 2.75) is 17.5 Å². The number of hydrogen-bond acceptors (Lipinski definition) is 4. The van der Waals surface area contributed by atoms with E-state index in [1.54, 1.807) is 24.3 Å². The lowest BCUT2D eigenvalue weighted by molar-refractivity contribution is -0.105. The monoisotopic (exact) mass is 377 g/mol. The molecule has 0 spiro atoms. The number of halogens is 3. The van der Waals surface area contributed by atoms with E-state index >= 15 is 0 Å². The van der Waals surface area contributed by atoms with Gasteiger partial charge in [0, 0.05) is 24.5 Å². The van der Waals surface area contributed by atoms with Crippen LogP contribution in [0.15, 0.2) is 29.2 Å². The maximum atomic E-state index is 12.4. The van der Waals surface area contributed by atoms with E-state index in [0.717, 1.165) is 39.3 Å². The Kier molecular flexibility index (Phi) is 7.86. The molecule has 1 aliphatic heterocycles. The molecule has 0 saturated carbocycles. The van der Waals surface area contributed by atoms with Crippen molar-refractivity contribution in [2.24, 2.45) is 0 Å². The zero-order valence-electron chi connectivity index (χ0n) is 13.8. The number of rotatable bonds is 7. The van der Waals surface area contributed by atoms with E-state index in [4.69, 9.17) is 4.74 Å². The Morgan fingerprint density at radius 2 is 1.96 bits per heavy atom. The summed E-state index contributed by atoms with van der Waals surface area (Å²) in [4.78, 5) is 14.6. The third kappa shape index (κ3) is 7.98. The van der Waals surface area contributed by atoms with Crippen LogP contribution in [-0.2, 0) is 4.74 Å². The largest absolute Gasteiger partial charge is 0.398 e. The maximum absolute atomic E-state index is 12.4. The maximum Gasteiger partial charge on any atom is 0.398 e. The summed E-state index contributed by atoms with van der Waals surface area (Å²) in [6.45, 7) is 4.65. The summed E-state index contributed by atoms with van der Waals surface area (Å²) in [5, 5.41) is 5.34.